The second kappa shape index (κ2) is 3.05. The van der Waals surface area contributed by atoms with E-state index in [9.17, 15) is 4.79 Å². The Kier molecular flexibility index (Phi) is 1.83. The molecule has 0 amide bonds. The number of carbonyl (C=O) groups excluding carboxylic acids is 1. The molecule has 3 rings (SSSR count). The highest BCUT2D eigenvalue weighted by molar-refractivity contribution is 7.17. The van der Waals surface area contributed by atoms with E-state index in [1.54, 1.807) is 6.20 Å². The van der Waals surface area contributed by atoms with Gasteiger partial charge in [0.15, 0.2) is 11.4 Å². The van der Waals surface area contributed by atoms with E-state index in [4.69, 9.17) is 0 Å². The van der Waals surface area contributed by atoms with Crippen LogP contribution in [0.25, 0.3) is 0 Å². The minimum Gasteiger partial charge on any atom is -0.348 e. The highest BCUT2D eigenvalue weighted by Crippen LogP contribution is 2.42. The molecule has 74 valence electrons. The highest BCUT2D eigenvalue weighted by Gasteiger charge is 2.39. The maximum absolute atomic E-state index is 10.5. The molecular weight excluding hydrogens is 196 g/mol. The molecule has 2 fully saturated rings. The number of rotatable bonds is 2. The van der Waals surface area contributed by atoms with E-state index in [0.717, 1.165) is 41.2 Å². The molecule has 4 heteroatoms. The predicted octanol–water partition coefficient (Wildman–Crippen LogP) is 1.80. The molecule has 1 saturated carbocycles. The number of aldehydes is 1. The van der Waals surface area contributed by atoms with Crippen molar-refractivity contribution in [1.82, 2.24) is 4.98 Å². The maximum atomic E-state index is 10.5. The second-order valence-corrected chi connectivity index (χ2v) is 5.21. The summed E-state index contributed by atoms with van der Waals surface area (Å²) in [5, 5.41) is 1.03. The van der Waals surface area contributed by atoms with Crippen molar-refractivity contribution in [1.29, 1.82) is 0 Å². The van der Waals surface area contributed by atoms with Crippen LogP contribution in [0.5, 0.6) is 0 Å². The van der Waals surface area contributed by atoms with Crippen molar-refractivity contribution in [3.8, 4) is 0 Å². The normalized spacial score (nSPS) is 29.9. The first-order valence-electron chi connectivity index (χ1n) is 5.03. The number of carbonyl (C=O) groups is 1. The third-order valence-electron chi connectivity index (χ3n) is 3.38. The van der Waals surface area contributed by atoms with Crippen molar-refractivity contribution >= 4 is 22.8 Å². The summed E-state index contributed by atoms with van der Waals surface area (Å²) >= 11 is 1.51. The van der Waals surface area contributed by atoms with Crippen LogP contribution in [0.15, 0.2) is 6.20 Å². The van der Waals surface area contributed by atoms with E-state index < -0.39 is 0 Å². The molecule has 14 heavy (non-hydrogen) atoms. The minimum atomic E-state index is 0.735. The average molecular weight is 208 g/mol. The molecular formula is C10H12N2OS. The van der Waals surface area contributed by atoms with E-state index in [2.05, 4.69) is 9.88 Å². The number of thiazole rings is 1. The van der Waals surface area contributed by atoms with Gasteiger partial charge in [0.1, 0.15) is 0 Å². The van der Waals surface area contributed by atoms with Gasteiger partial charge in [-0.15, -0.1) is 0 Å². The molecule has 2 heterocycles. The van der Waals surface area contributed by atoms with Crippen molar-refractivity contribution < 1.29 is 4.79 Å². The highest BCUT2D eigenvalue weighted by atomic mass is 32.1. The predicted molar refractivity (Wildman–Crippen MR) is 55.9 cm³/mol. The smallest absolute Gasteiger partial charge is 0.185 e. The Morgan fingerprint density at radius 1 is 1.43 bits per heavy atom. The number of nitrogens with zero attached hydrogens (tertiary/aromatic N) is 2. The molecule has 3 nitrogen and oxygen atoms in total. The summed E-state index contributed by atoms with van der Waals surface area (Å²) < 4.78 is 0. The monoisotopic (exact) mass is 208 g/mol. The third-order valence-corrected chi connectivity index (χ3v) is 4.37. The summed E-state index contributed by atoms with van der Waals surface area (Å²) in [6.07, 6.45) is 5.32. The fourth-order valence-corrected chi connectivity index (χ4v) is 3.14. The zero-order valence-electron chi connectivity index (χ0n) is 7.85. The Balaban J connectivity index is 1.78. The first kappa shape index (κ1) is 8.41. The molecule has 2 atom stereocenters. The Morgan fingerprint density at radius 3 is 2.64 bits per heavy atom. The van der Waals surface area contributed by atoms with Gasteiger partial charge in [-0.05, 0) is 24.7 Å². The van der Waals surface area contributed by atoms with Crippen LogP contribution in [0, 0.1) is 11.8 Å². The number of fused-ring (bicyclic) bond motifs is 1. The second-order valence-electron chi connectivity index (χ2n) is 4.17. The zero-order valence-corrected chi connectivity index (χ0v) is 8.67. The molecule has 1 saturated heterocycles. The van der Waals surface area contributed by atoms with Gasteiger partial charge in [0.05, 0.1) is 11.1 Å². The van der Waals surface area contributed by atoms with Crippen LogP contribution < -0.4 is 4.90 Å². The van der Waals surface area contributed by atoms with Crippen LogP contribution in [0.4, 0.5) is 5.13 Å². The van der Waals surface area contributed by atoms with Crippen molar-refractivity contribution in [3.05, 3.63) is 11.1 Å². The number of hydrogen-bond donors (Lipinski definition) is 0. The summed E-state index contributed by atoms with van der Waals surface area (Å²) in [7, 11) is 0. The van der Waals surface area contributed by atoms with E-state index in [1.807, 2.05) is 0 Å². The van der Waals surface area contributed by atoms with E-state index in [-0.39, 0.29) is 0 Å². The molecule has 0 N–H and O–H groups in total. The average Bonchev–Trinajstić information content (AvgIpc) is 2.73. The Bertz CT molecular complexity index is 351. The maximum Gasteiger partial charge on any atom is 0.185 e. The van der Waals surface area contributed by atoms with Gasteiger partial charge < -0.3 is 4.90 Å². The number of anilines is 1. The van der Waals surface area contributed by atoms with Crippen molar-refractivity contribution in [3.63, 3.8) is 0 Å². The van der Waals surface area contributed by atoms with E-state index in [0.29, 0.717) is 0 Å². The quantitative estimate of drug-likeness (QED) is 0.695. The van der Waals surface area contributed by atoms with Crippen molar-refractivity contribution in [2.24, 2.45) is 11.8 Å². The lowest BCUT2D eigenvalue weighted by Crippen LogP contribution is -2.22. The summed E-state index contributed by atoms with van der Waals surface area (Å²) in [6, 6.07) is 0. The molecule has 1 aromatic heterocycles. The van der Waals surface area contributed by atoms with Gasteiger partial charge in [-0.25, -0.2) is 4.98 Å². The third kappa shape index (κ3) is 1.17. The van der Waals surface area contributed by atoms with Crippen LogP contribution in [0.3, 0.4) is 0 Å². The molecule has 0 bridgehead atoms. The first-order valence-corrected chi connectivity index (χ1v) is 5.84. The van der Waals surface area contributed by atoms with Gasteiger partial charge in [0.25, 0.3) is 0 Å². The molecule has 2 unspecified atom stereocenters. The van der Waals surface area contributed by atoms with Crippen LogP contribution in [0.1, 0.15) is 22.5 Å². The molecule has 0 radical (unpaired) electrons. The summed E-state index contributed by atoms with van der Waals surface area (Å²) in [6.45, 7) is 2.30. The van der Waals surface area contributed by atoms with Crippen LogP contribution >= 0.6 is 11.3 Å². The number of hydrogen-bond acceptors (Lipinski definition) is 4. The summed E-state index contributed by atoms with van der Waals surface area (Å²) in [5.74, 6) is 1.80. The molecule has 1 aliphatic heterocycles. The zero-order chi connectivity index (χ0) is 9.54. The van der Waals surface area contributed by atoms with Crippen molar-refractivity contribution in [2.75, 3.05) is 18.0 Å². The van der Waals surface area contributed by atoms with Gasteiger partial charge in [0.2, 0.25) is 0 Å². The summed E-state index contributed by atoms with van der Waals surface area (Å²) in [5.41, 5.74) is 0. The van der Waals surface area contributed by atoms with Gasteiger partial charge in [0, 0.05) is 13.1 Å². The standard InChI is InChI=1S/C10H12N2OS/c13-6-9-3-11-10(14-9)12-4-7-1-2-8(7)5-12/h3,6-8H,1-2,4-5H2. The molecule has 0 aromatic carbocycles. The van der Waals surface area contributed by atoms with E-state index in [1.165, 1.54) is 24.2 Å². The molecule has 1 aromatic rings. The molecule has 0 spiro atoms. The largest absolute Gasteiger partial charge is 0.348 e. The van der Waals surface area contributed by atoms with E-state index >= 15 is 0 Å². The van der Waals surface area contributed by atoms with Crippen LogP contribution in [-0.2, 0) is 0 Å². The Labute approximate surface area is 86.8 Å². The molecule has 2 aliphatic rings. The van der Waals surface area contributed by atoms with Crippen LogP contribution in [-0.4, -0.2) is 24.4 Å². The Morgan fingerprint density at radius 2 is 2.14 bits per heavy atom. The van der Waals surface area contributed by atoms with Crippen LogP contribution in [0.2, 0.25) is 0 Å². The SMILES string of the molecule is O=Cc1cnc(N2CC3CCC3C2)s1. The van der Waals surface area contributed by atoms with Crippen molar-refractivity contribution in [2.45, 2.75) is 12.8 Å². The lowest BCUT2D eigenvalue weighted by molar-refractivity contribution is 0.112. The topological polar surface area (TPSA) is 33.2 Å². The summed E-state index contributed by atoms with van der Waals surface area (Å²) in [4.78, 5) is 17.9. The molecule has 1 aliphatic carbocycles. The van der Waals surface area contributed by atoms with Gasteiger partial charge in [-0.1, -0.05) is 11.3 Å². The fourth-order valence-electron chi connectivity index (χ4n) is 2.39. The number of aromatic nitrogens is 1. The van der Waals surface area contributed by atoms with Gasteiger partial charge in [-0.2, -0.15) is 0 Å². The lowest BCUT2D eigenvalue weighted by atomic mass is 9.77. The first-order chi connectivity index (χ1) is 6.86. The minimum absolute atomic E-state index is 0.735. The van der Waals surface area contributed by atoms with Gasteiger partial charge in [-0.3, -0.25) is 4.79 Å². The fraction of sp³-hybridized carbons (Fsp3) is 0.600. The Hall–Kier alpha value is -0.900. The lowest BCUT2D eigenvalue weighted by Gasteiger charge is -2.27. The van der Waals surface area contributed by atoms with Gasteiger partial charge >= 0.3 is 0 Å².